The largest absolute Gasteiger partial charge is 0.274 e. The van der Waals surface area contributed by atoms with Gasteiger partial charge in [-0.2, -0.15) is 5.26 Å². The minimum atomic E-state index is -0.266. The summed E-state index contributed by atoms with van der Waals surface area (Å²) < 4.78 is 0. The predicted octanol–water partition coefficient (Wildman–Crippen LogP) is 2.26. The Hall–Kier alpha value is -1.86. The molecule has 0 aliphatic carbocycles. The van der Waals surface area contributed by atoms with Crippen molar-refractivity contribution in [2.24, 2.45) is 0 Å². The summed E-state index contributed by atoms with van der Waals surface area (Å²) in [6.07, 6.45) is 1.24. The lowest BCUT2D eigenvalue weighted by Gasteiger charge is -2.25. The van der Waals surface area contributed by atoms with E-state index in [1.165, 1.54) is 12.1 Å². The maximum absolute atomic E-state index is 11.7. The van der Waals surface area contributed by atoms with Crippen LogP contribution in [0.4, 0.5) is 5.69 Å². The minimum absolute atomic E-state index is 0.266. The number of carbonyl (C=O) groups excluding carboxylic acids is 2. The fraction of sp³-hybridized carbons (Fsp3) is 0.250. The summed E-state index contributed by atoms with van der Waals surface area (Å²) in [6.45, 7) is 0. The molecular formula is C12H9ClN2O2. The first-order valence-electron chi connectivity index (χ1n) is 5.19. The quantitative estimate of drug-likeness (QED) is 0.716. The maximum atomic E-state index is 11.7. The molecule has 1 fully saturated rings. The molecule has 2 rings (SSSR count). The Morgan fingerprint density at radius 3 is 2.47 bits per heavy atom. The number of rotatable bonds is 1. The molecule has 1 aromatic rings. The van der Waals surface area contributed by atoms with E-state index in [4.69, 9.17) is 16.9 Å². The summed E-state index contributed by atoms with van der Waals surface area (Å²) in [5.74, 6) is -0.531. The minimum Gasteiger partial charge on any atom is -0.274 e. The van der Waals surface area contributed by atoms with Crippen LogP contribution in [0.3, 0.4) is 0 Å². The Bertz CT molecular complexity index is 518. The molecule has 1 aromatic carbocycles. The molecule has 0 radical (unpaired) electrons. The first-order valence-corrected chi connectivity index (χ1v) is 5.56. The summed E-state index contributed by atoms with van der Waals surface area (Å²) in [4.78, 5) is 24.5. The van der Waals surface area contributed by atoms with Gasteiger partial charge in [0.25, 0.3) is 0 Å². The number of anilines is 1. The van der Waals surface area contributed by atoms with Crippen LogP contribution in [0.1, 0.15) is 24.8 Å². The highest BCUT2D eigenvalue weighted by atomic mass is 35.5. The molecule has 0 atom stereocenters. The van der Waals surface area contributed by atoms with E-state index in [1.54, 1.807) is 6.07 Å². The Labute approximate surface area is 103 Å². The number of amides is 2. The number of imide groups is 1. The van der Waals surface area contributed by atoms with E-state index in [1.807, 2.05) is 6.07 Å². The van der Waals surface area contributed by atoms with Crippen molar-refractivity contribution in [1.82, 2.24) is 0 Å². The van der Waals surface area contributed by atoms with E-state index in [0.717, 1.165) is 4.90 Å². The molecule has 1 aliphatic rings. The second-order valence-corrected chi connectivity index (χ2v) is 4.16. The highest BCUT2D eigenvalue weighted by molar-refractivity contribution is 6.35. The molecule has 0 saturated carbocycles. The van der Waals surface area contributed by atoms with Gasteiger partial charge in [-0.05, 0) is 24.6 Å². The lowest BCUT2D eigenvalue weighted by molar-refractivity contribution is -0.129. The lowest BCUT2D eigenvalue weighted by Crippen LogP contribution is -2.40. The van der Waals surface area contributed by atoms with Gasteiger partial charge >= 0.3 is 0 Å². The van der Waals surface area contributed by atoms with Crippen molar-refractivity contribution in [2.45, 2.75) is 19.3 Å². The molecule has 0 N–H and O–H groups in total. The third-order valence-electron chi connectivity index (χ3n) is 2.60. The maximum Gasteiger partial charge on any atom is 0.233 e. The number of carbonyl (C=O) groups is 2. The van der Waals surface area contributed by atoms with Crippen LogP contribution in [0.2, 0.25) is 5.02 Å². The molecule has 1 aliphatic heterocycles. The Balaban J connectivity index is 2.48. The summed E-state index contributed by atoms with van der Waals surface area (Å²) in [7, 11) is 0. The highest BCUT2D eigenvalue weighted by Crippen LogP contribution is 2.30. The van der Waals surface area contributed by atoms with Crippen molar-refractivity contribution in [3.63, 3.8) is 0 Å². The molecule has 1 saturated heterocycles. The summed E-state index contributed by atoms with van der Waals surface area (Å²) in [5.41, 5.74) is 0.677. The zero-order valence-electron chi connectivity index (χ0n) is 8.94. The zero-order chi connectivity index (χ0) is 12.4. The van der Waals surface area contributed by atoms with Gasteiger partial charge in [-0.3, -0.25) is 9.59 Å². The van der Waals surface area contributed by atoms with Gasteiger partial charge < -0.3 is 0 Å². The van der Waals surface area contributed by atoms with E-state index in [2.05, 4.69) is 0 Å². The van der Waals surface area contributed by atoms with Gasteiger partial charge in [0, 0.05) is 12.8 Å². The molecule has 17 heavy (non-hydrogen) atoms. The molecule has 0 bridgehead atoms. The fourth-order valence-corrected chi connectivity index (χ4v) is 1.98. The number of nitriles is 1. The Morgan fingerprint density at radius 1 is 1.24 bits per heavy atom. The Morgan fingerprint density at radius 2 is 1.88 bits per heavy atom. The van der Waals surface area contributed by atoms with E-state index >= 15 is 0 Å². The first kappa shape index (κ1) is 11.6. The van der Waals surface area contributed by atoms with Gasteiger partial charge in [-0.25, -0.2) is 4.90 Å². The van der Waals surface area contributed by atoms with Crippen molar-refractivity contribution in [1.29, 1.82) is 5.26 Å². The molecule has 5 heteroatoms. The third kappa shape index (κ3) is 2.15. The molecule has 0 spiro atoms. The highest BCUT2D eigenvalue weighted by Gasteiger charge is 2.28. The number of nitrogens with zero attached hydrogens (tertiary/aromatic N) is 2. The first-order chi connectivity index (χ1) is 8.13. The molecule has 4 nitrogen and oxygen atoms in total. The van der Waals surface area contributed by atoms with Crippen LogP contribution in [-0.2, 0) is 9.59 Å². The van der Waals surface area contributed by atoms with Gasteiger partial charge in [0.1, 0.15) is 0 Å². The van der Waals surface area contributed by atoms with Crippen molar-refractivity contribution in [3.05, 3.63) is 28.8 Å². The second-order valence-electron chi connectivity index (χ2n) is 3.75. The summed E-state index contributed by atoms with van der Waals surface area (Å²) in [5, 5.41) is 9.10. The summed E-state index contributed by atoms with van der Waals surface area (Å²) >= 11 is 5.96. The molecular weight excluding hydrogens is 240 g/mol. The van der Waals surface area contributed by atoms with Crippen molar-refractivity contribution in [3.8, 4) is 6.07 Å². The van der Waals surface area contributed by atoms with Crippen LogP contribution in [0, 0.1) is 11.3 Å². The van der Waals surface area contributed by atoms with Crippen LogP contribution in [0.15, 0.2) is 18.2 Å². The lowest BCUT2D eigenvalue weighted by atomic mass is 10.1. The predicted molar refractivity (Wildman–Crippen MR) is 62.5 cm³/mol. The van der Waals surface area contributed by atoms with Gasteiger partial charge in [0.05, 0.1) is 22.3 Å². The van der Waals surface area contributed by atoms with Gasteiger partial charge in [0.15, 0.2) is 0 Å². The SMILES string of the molecule is N#Cc1ccc(Cl)c(N2C(=O)CCCC2=O)c1. The fourth-order valence-electron chi connectivity index (χ4n) is 1.78. The van der Waals surface area contributed by atoms with Gasteiger partial charge in [-0.1, -0.05) is 11.6 Å². The second kappa shape index (κ2) is 4.56. The standard InChI is InChI=1S/C12H9ClN2O2/c13-9-5-4-8(7-14)6-10(9)15-11(16)2-1-3-12(15)17/h4-6H,1-3H2. The molecule has 0 unspecified atom stereocenters. The monoisotopic (exact) mass is 248 g/mol. The molecule has 0 aromatic heterocycles. The van der Waals surface area contributed by atoms with Crippen molar-refractivity contribution < 1.29 is 9.59 Å². The topological polar surface area (TPSA) is 61.2 Å². The third-order valence-corrected chi connectivity index (χ3v) is 2.92. The van der Waals surface area contributed by atoms with E-state index in [-0.39, 0.29) is 11.8 Å². The van der Waals surface area contributed by atoms with E-state index < -0.39 is 0 Å². The van der Waals surface area contributed by atoms with Gasteiger partial charge in [0.2, 0.25) is 11.8 Å². The van der Waals surface area contributed by atoms with Crippen molar-refractivity contribution in [2.75, 3.05) is 4.90 Å². The molecule has 1 heterocycles. The van der Waals surface area contributed by atoms with Crippen LogP contribution in [0.25, 0.3) is 0 Å². The van der Waals surface area contributed by atoms with Crippen LogP contribution in [0.5, 0.6) is 0 Å². The number of halogens is 1. The molecule has 86 valence electrons. The number of benzene rings is 1. The number of hydrogen-bond acceptors (Lipinski definition) is 3. The smallest absolute Gasteiger partial charge is 0.233 e. The zero-order valence-corrected chi connectivity index (χ0v) is 9.70. The summed E-state index contributed by atoms with van der Waals surface area (Å²) in [6, 6.07) is 6.48. The van der Waals surface area contributed by atoms with Crippen molar-refractivity contribution >= 4 is 29.1 Å². The average Bonchev–Trinajstić information content (AvgIpc) is 2.31. The molecule has 2 amide bonds. The normalized spacial score (nSPS) is 15.9. The van der Waals surface area contributed by atoms with Gasteiger partial charge in [-0.15, -0.1) is 0 Å². The van der Waals surface area contributed by atoms with Crippen LogP contribution < -0.4 is 4.90 Å². The van der Waals surface area contributed by atoms with E-state index in [0.29, 0.717) is 35.5 Å². The number of piperidine rings is 1. The number of hydrogen-bond donors (Lipinski definition) is 0. The van der Waals surface area contributed by atoms with Crippen LogP contribution in [-0.4, -0.2) is 11.8 Å². The Kier molecular flexibility index (Phi) is 3.12. The average molecular weight is 249 g/mol. The van der Waals surface area contributed by atoms with E-state index in [9.17, 15) is 9.59 Å². The van der Waals surface area contributed by atoms with Crippen LogP contribution >= 0.6 is 11.6 Å².